The van der Waals surface area contributed by atoms with Gasteiger partial charge >= 0.3 is 12.1 Å². The number of hydrogen-bond acceptors (Lipinski definition) is 4. The molecule has 8 heteroatoms. The van der Waals surface area contributed by atoms with Crippen molar-refractivity contribution in [3.05, 3.63) is 46.3 Å². The molecule has 0 aromatic heterocycles. The molecule has 1 aliphatic heterocycles. The number of benzene rings is 1. The number of carbonyl (C=O) groups excluding carboxylic acids is 1. The van der Waals surface area contributed by atoms with E-state index >= 15 is 0 Å². The summed E-state index contributed by atoms with van der Waals surface area (Å²) < 4.78 is 5.11. The number of carbonyl (C=O) groups is 2. The molecule has 1 aromatic carbocycles. The Kier molecular flexibility index (Phi) is 4.63. The Bertz CT molecular complexity index is 571. The quantitative estimate of drug-likeness (QED) is 0.519. The number of carboxylic acid groups (broad SMARTS) is 1. The fourth-order valence-corrected chi connectivity index (χ4v) is 2.21. The Morgan fingerprint density at radius 1 is 1.43 bits per heavy atom. The number of rotatable bonds is 4. The minimum absolute atomic E-state index is 0.0502. The fraction of sp³-hybridized carbons (Fsp3) is 0.385. The fourth-order valence-electron chi connectivity index (χ4n) is 2.21. The molecule has 1 amide bonds. The molecular weight excluding hydrogens is 276 g/mol. The topological polar surface area (TPSA) is 116 Å². The molecule has 1 aromatic rings. The van der Waals surface area contributed by atoms with Crippen molar-refractivity contribution in [1.82, 2.24) is 4.90 Å². The number of likely N-dealkylation sites (tertiary alicyclic amines) is 1. The first-order chi connectivity index (χ1) is 10.1. The number of hydrogen-bond donors (Lipinski definition) is 1. The Labute approximate surface area is 120 Å². The van der Waals surface area contributed by atoms with Crippen LogP contribution in [0.15, 0.2) is 35.4 Å². The summed E-state index contributed by atoms with van der Waals surface area (Å²) in [6, 6.07) is 7.51. The maximum atomic E-state index is 12.0. The van der Waals surface area contributed by atoms with Gasteiger partial charge in [0.25, 0.3) is 0 Å². The minimum atomic E-state index is -1.14. The van der Waals surface area contributed by atoms with Gasteiger partial charge in [-0.2, -0.15) is 0 Å². The molecule has 1 aliphatic rings. The second kappa shape index (κ2) is 6.62. The molecule has 0 saturated carbocycles. The molecule has 0 aliphatic carbocycles. The van der Waals surface area contributed by atoms with E-state index in [1.54, 1.807) is 12.1 Å². The van der Waals surface area contributed by atoms with Crippen molar-refractivity contribution < 1.29 is 19.4 Å². The van der Waals surface area contributed by atoms with E-state index in [0.29, 0.717) is 0 Å². The third-order valence-electron chi connectivity index (χ3n) is 3.22. The predicted molar refractivity (Wildman–Crippen MR) is 72.3 cm³/mol. The number of nitrogens with zero attached hydrogens (tertiary/aromatic N) is 4. The normalized spacial score (nSPS) is 20.7. The van der Waals surface area contributed by atoms with Crippen molar-refractivity contribution in [3.8, 4) is 0 Å². The number of carboxylic acids is 1. The van der Waals surface area contributed by atoms with E-state index in [1.807, 2.05) is 18.2 Å². The molecule has 2 rings (SSSR count). The lowest BCUT2D eigenvalue weighted by atomic mass is 10.2. The van der Waals surface area contributed by atoms with Crippen LogP contribution in [0.2, 0.25) is 0 Å². The summed E-state index contributed by atoms with van der Waals surface area (Å²) in [5, 5.41) is 12.6. The highest BCUT2D eigenvalue weighted by molar-refractivity contribution is 5.81. The number of aliphatic carboxylic acids is 1. The minimum Gasteiger partial charge on any atom is -0.480 e. The van der Waals surface area contributed by atoms with E-state index in [1.165, 1.54) is 0 Å². The van der Waals surface area contributed by atoms with Gasteiger partial charge in [-0.1, -0.05) is 35.4 Å². The van der Waals surface area contributed by atoms with E-state index < -0.39 is 24.1 Å². The van der Waals surface area contributed by atoms with Gasteiger partial charge in [-0.3, -0.25) is 4.90 Å². The van der Waals surface area contributed by atoms with Crippen LogP contribution >= 0.6 is 0 Å². The van der Waals surface area contributed by atoms with Gasteiger partial charge in [-0.05, 0) is 17.5 Å². The first kappa shape index (κ1) is 14.7. The van der Waals surface area contributed by atoms with Crippen LogP contribution in [0.4, 0.5) is 4.79 Å². The summed E-state index contributed by atoms with van der Waals surface area (Å²) in [5.74, 6) is -1.14. The summed E-state index contributed by atoms with van der Waals surface area (Å²) >= 11 is 0. The van der Waals surface area contributed by atoms with Gasteiger partial charge in [0.15, 0.2) is 0 Å². The Balaban J connectivity index is 1.99. The Morgan fingerprint density at radius 2 is 2.14 bits per heavy atom. The largest absolute Gasteiger partial charge is 0.480 e. The van der Waals surface area contributed by atoms with E-state index in [9.17, 15) is 9.59 Å². The van der Waals surface area contributed by atoms with Gasteiger partial charge < -0.3 is 9.84 Å². The smallest absolute Gasteiger partial charge is 0.410 e. The second-order valence-corrected chi connectivity index (χ2v) is 4.64. The van der Waals surface area contributed by atoms with Crippen LogP contribution in [0.25, 0.3) is 10.4 Å². The summed E-state index contributed by atoms with van der Waals surface area (Å²) in [4.78, 5) is 26.9. The monoisotopic (exact) mass is 290 g/mol. The van der Waals surface area contributed by atoms with Crippen molar-refractivity contribution in [2.24, 2.45) is 5.11 Å². The number of amides is 1. The molecule has 110 valence electrons. The van der Waals surface area contributed by atoms with Crippen LogP contribution < -0.4 is 0 Å². The molecule has 1 heterocycles. The first-order valence-electron chi connectivity index (χ1n) is 6.36. The highest BCUT2D eigenvalue weighted by Gasteiger charge is 2.40. The zero-order valence-corrected chi connectivity index (χ0v) is 11.1. The van der Waals surface area contributed by atoms with Gasteiger partial charge in [0.1, 0.15) is 12.6 Å². The molecule has 2 atom stereocenters. The van der Waals surface area contributed by atoms with E-state index in [2.05, 4.69) is 10.0 Å². The molecule has 0 bridgehead atoms. The van der Waals surface area contributed by atoms with Crippen molar-refractivity contribution in [1.29, 1.82) is 0 Å². The zero-order valence-electron chi connectivity index (χ0n) is 11.1. The standard InChI is InChI=1S/C13H14N4O4/c14-16-15-10-6-11(12(18)19)17(7-10)13(20)21-8-9-4-2-1-3-5-9/h1-5,10-11H,6-8H2,(H,18,19)/t10-,11-/m0/s1. The molecule has 0 unspecified atom stereocenters. The molecular formula is C13H14N4O4. The third kappa shape index (κ3) is 3.64. The summed E-state index contributed by atoms with van der Waals surface area (Å²) in [5.41, 5.74) is 9.21. The van der Waals surface area contributed by atoms with Crippen molar-refractivity contribution in [2.45, 2.75) is 25.1 Å². The number of azide groups is 1. The van der Waals surface area contributed by atoms with Crippen LogP contribution in [-0.4, -0.2) is 40.7 Å². The molecule has 21 heavy (non-hydrogen) atoms. The summed E-state index contributed by atoms with van der Waals surface area (Å²) in [6.45, 7) is 0.114. The van der Waals surface area contributed by atoms with Crippen LogP contribution in [0.3, 0.4) is 0 Å². The van der Waals surface area contributed by atoms with Gasteiger partial charge in [-0.15, -0.1) is 0 Å². The predicted octanol–water partition coefficient (Wildman–Crippen LogP) is 2.16. The SMILES string of the molecule is [N-]=[N+]=N[C@H]1C[C@@H](C(=O)O)N(C(=O)OCc2ccccc2)C1. The van der Waals surface area contributed by atoms with Gasteiger partial charge in [-0.25, -0.2) is 9.59 Å². The molecule has 0 spiro atoms. The van der Waals surface area contributed by atoms with Gasteiger partial charge in [0.05, 0.1) is 6.04 Å². The van der Waals surface area contributed by atoms with Crippen molar-refractivity contribution in [3.63, 3.8) is 0 Å². The first-order valence-corrected chi connectivity index (χ1v) is 6.36. The zero-order chi connectivity index (χ0) is 15.2. The summed E-state index contributed by atoms with van der Waals surface area (Å²) in [7, 11) is 0. The van der Waals surface area contributed by atoms with E-state index in [-0.39, 0.29) is 19.6 Å². The van der Waals surface area contributed by atoms with Crippen LogP contribution in [0, 0.1) is 0 Å². The molecule has 1 fully saturated rings. The maximum Gasteiger partial charge on any atom is 0.410 e. The Morgan fingerprint density at radius 3 is 2.76 bits per heavy atom. The molecule has 1 saturated heterocycles. The van der Waals surface area contributed by atoms with Crippen LogP contribution in [0.1, 0.15) is 12.0 Å². The van der Waals surface area contributed by atoms with Crippen LogP contribution in [-0.2, 0) is 16.1 Å². The highest BCUT2D eigenvalue weighted by atomic mass is 16.6. The molecule has 0 radical (unpaired) electrons. The maximum absolute atomic E-state index is 12.0. The van der Waals surface area contributed by atoms with E-state index in [0.717, 1.165) is 10.5 Å². The molecule has 1 N–H and O–H groups in total. The van der Waals surface area contributed by atoms with E-state index in [4.69, 9.17) is 15.4 Å². The third-order valence-corrected chi connectivity index (χ3v) is 3.22. The lowest BCUT2D eigenvalue weighted by Gasteiger charge is -2.20. The van der Waals surface area contributed by atoms with Gasteiger partial charge in [0.2, 0.25) is 0 Å². The molecule has 8 nitrogen and oxygen atoms in total. The van der Waals surface area contributed by atoms with Crippen molar-refractivity contribution in [2.75, 3.05) is 6.54 Å². The van der Waals surface area contributed by atoms with Crippen molar-refractivity contribution >= 4 is 12.1 Å². The van der Waals surface area contributed by atoms with Gasteiger partial charge in [0, 0.05) is 11.5 Å². The Hall–Kier alpha value is -2.73. The number of ether oxygens (including phenoxy) is 1. The second-order valence-electron chi connectivity index (χ2n) is 4.64. The highest BCUT2D eigenvalue weighted by Crippen LogP contribution is 2.22. The summed E-state index contributed by atoms with van der Waals surface area (Å²) in [6.07, 6.45) is -0.623. The average molecular weight is 290 g/mol. The lowest BCUT2D eigenvalue weighted by Crippen LogP contribution is -2.40. The average Bonchev–Trinajstić information content (AvgIpc) is 2.90. The lowest BCUT2D eigenvalue weighted by molar-refractivity contribution is -0.141. The van der Waals surface area contributed by atoms with Crippen LogP contribution in [0.5, 0.6) is 0 Å².